The maximum absolute atomic E-state index is 4.69. The van der Waals surface area contributed by atoms with Crippen LogP contribution in [0.5, 0.6) is 0 Å². The van der Waals surface area contributed by atoms with E-state index in [1.54, 1.807) is 0 Å². The fourth-order valence-electron chi connectivity index (χ4n) is 3.00. The van der Waals surface area contributed by atoms with Gasteiger partial charge in [0.25, 0.3) is 0 Å². The molecule has 1 N–H and O–H groups in total. The van der Waals surface area contributed by atoms with E-state index in [9.17, 15) is 0 Å². The lowest BCUT2D eigenvalue weighted by molar-refractivity contribution is 0.868. The second kappa shape index (κ2) is 7.37. The highest BCUT2D eigenvalue weighted by Gasteiger charge is 2.11. The van der Waals surface area contributed by atoms with Gasteiger partial charge in [0.2, 0.25) is 0 Å². The Morgan fingerprint density at radius 3 is 2.52 bits per heavy atom. The van der Waals surface area contributed by atoms with Crippen molar-refractivity contribution >= 4 is 27.4 Å². The van der Waals surface area contributed by atoms with Crippen molar-refractivity contribution in [2.24, 2.45) is 0 Å². The number of hydrogen-bond donors (Lipinski definition) is 1. The fourth-order valence-corrected chi connectivity index (χ4v) is 3.27. The van der Waals surface area contributed by atoms with Crippen LogP contribution in [0.3, 0.4) is 0 Å². The molecule has 2 aromatic carbocycles. The SMILES string of the molecule is Cc1cccc(-n2nc(C)cc2-c2ccnc(Nc3ccc(Br)cc3)c2)c1. The highest BCUT2D eigenvalue weighted by Crippen LogP contribution is 2.27. The Hall–Kier alpha value is -2.92. The first kappa shape index (κ1) is 17.5. The number of nitrogens with one attached hydrogen (secondary N) is 1. The number of nitrogens with zero attached hydrogens (tertiary/aromatic N) is 3. The Labute approximate surface area is 167 Å². The normalized spacial score (nSPS) is 10.8. The summed E-state index contributed by atoms with van der Waals surface area (Å²) in [6.07, 6.45) is 1.82. The van der Waals surface area contributed by atoms with Gasteiger partial charge in [0.15, 0.2) is 0 Å². The molecular formula is C22H19BrN4. The van der Waals surface area contributed by atoms with Crippen molar-refractivity contribution in [1.82, 2.24) is 14.8 Å². The van der Waals surface area contributed by atoms with Crippen molar-refractivity contribution in [3.63, 3.8) is 0 Å². The van der Waals surface area contributed by atoms with Crippen LogP contribution in [0.4, 0.5) is 11.5 Å². The van der Waals surface area contributed by atoms with Crippen LogP contribution >= 0.6 is 15.9 Å². The van der Waals surface area contributed by atoms with E-state index in [-0.39, 0.29) is 0 Å². The molecule has 0 saturated carbocycles. The van der Waals surface area contributed by atoms with Gasteiger partial charge in [0, 0.05) is 21.9 Å². The molecule has 0 aliphatic heterocycles. The lowest BCUT2D eigenvalue weighted by Gasteiger charge is -2.10. The molecule has 134 valence electrons. The van der Waals surface area contributed by atoms with E-state index in [2.05, 4.69) is 63.5 Å². The summed E-state index contributed by atoms with van der Waals surface area (Å²) >= 11 is 3.46. The van der Waals surface area contributed by atoms with Crippen molar-refractivity contribution in [2.75, 3.05) is 5.32 Å². The molecule has 2 aromatic heterocycles. The van der Waals surface area contributed by atoms with E-state index < -0.39 is 0 Å². The quantitative estimate of drug-likeness (QED) is 0.438. The first-order valence-corrected chi connectivity index (χ1v) is 9.50. The molecule has 0 fully saturated rings. The van der Waals surface area contributed by atoms with Gasteiger partial charge < -0.3 is 5.32 Å². The van der Waals surface area contributed by atoms with Crippen molar-refractivity contribution in [2.45, 2.75) is 13.8 Å². The molecule has 4 aromatic rings. The molecule has 0 amide bonds. The Balaban J connectivity index is 1.71. The lowest BCUT2D eigenvalue weighted by atomic mass is 10.1. The van der Waals surface area contributed by atoms with Crippen molar-refractivity contribution in [1.29, 1.82) is 0 Å². The van der Waals surface area contributed by atoms with Gasteiger partial charge in [-0.25, -0.2) is 9.67 Å². The molecule has 0 aliphatic rings. The van der Waals surface area contributed by atoms with E-state index in [0.29, 0.717) is 0 Å². The molecule has 27 heavy (non-hydrogen) atoms. The van der Waals surface area contributed by atoms with Crippen LogP contribution in [0, 0.1) is 13.8 Å². The second-order valence-corrected chi connectivity index (χ2v) is 7.40. The molecule has 0 atom stereocenters. The van der Waals surface area contributed by atoms with Gasteiger partial charge in [0.05, 0.1) is 17.1 Å². The minimum Gasteiger partial charge on any atom is -0.340 e. The van der Waals surface area contributed by atoms with E-state index in [1.807, 2.05) is 54.2 Å². The van der Waals surface area contributed by atoms with Crippen LogP contribution in [0.2, 0.25) is 0 Å². The molecule has 4 rings (SSSR count). The zero-order valence-corrected chi connectivity index (χ0v) is 16.7. The first-order valence-electron chi connectivity index (χ1n) is 8.71. The largest absolute Gasteiger partial charge is 0.340 e. The summed E-state index contributed by atoms with van der Waals surface area (Å²) in [5.41, 5.74) is 6.33. The third-order valence-electron chi connectivity index (χ3n) is 4.25. The maximum Gasteiger partial charge on any atom is 0.130 e. The summed E-state index contributed by atoms with van der Waals surface area (Å²) in [6.45, 7) is 4.10. The summed E-state index contributed by atoms with van der Waals surface area (Å²) in [5.74, 6) is 0.796. The lowest BCUT2D eigenvalue weighted by Crippen LogP contribution is -2.00. The summed E-state index contributed by atoms with van der Waals surface area (Å²) in [5, 5.41) is 8.05. The average molecular weight is 419 g/mol. The van der Waals surface area contributed by atoms with Crippen LogP contribution < -0.4 is 5.32 Å². The molecule has 5 heteroatoms. The Bertz CT molecular complexity index is 1080. The van der Waals surface area contributed by atoms with Crippen LogP contribution in [0.15, 0.2) is 77.4 Å². The summed E-state index contributed by atoms with van der Waals surface area (Å²) in [7, 11) is 0. The van der Waals surface area contributed by atoms with Crippen LogP contribution in [-0.4, -0.2) is 14.8 Å². The number of halogens is 1. The molecular weight excluding hydrogens is 400 g/mol. The van der Waals surface area contributed by atoms with E-state index >= 15 is 0 Å². The van der Waals surface area contributed by atoms with Gasteiger partial charge >= 0.3 is 0 Å². The number of benzene rings is 2. The molecule has 0 unspecified atom stereocenters. The fraction of sp³-hybridized carbons (Fsp3) is 0.0909. The molecule has 2 heterocycles. The van der Waals surface area contributed by atoms with Crippen molar-refractivity contribution < 1.29 is 0 Å². The second-order valence-electron chi connectivity index (χ2n) is 6.48. The number of aromatic nitrogens is 3. The first-order chi connectivity index (χ1) is 13.1. The molecule has 0 aliphatic carbocycles. The number of pyridine rings is 1. The summed E-state index contributed by atoms with van der Waals surface area (Å²) in [4.78, 5) is 4.45. The third kappa shape index (κ3) is 3.93. The number of anilines is 2. The minimum absolute atomic E-state index is 0.796. The maximum atomic E-state index is 4.69. The van der Waals surface area contributed by atoms with E-state index in [4.69, 9.17) is 5.10 Å². The molecule has 0 radical (unpaired) electrons. The van der Waals surface area contributed by atoms with Gasteiger partial charge in [-0.2, -0.15) is 5.10 Å². The van der Waals surface area contributed by atoms with Gasteiger partial charge in [0.1, 0.15) is 5.82 Å². The van der Waals surface area contributed by atoms with Gasteiger partial charge in [-0.3, -0.25) is 0 Å². The number of hydrogen-bond acceptors (Lipinski definition) is 3. The predicted octanol–water partition coefficient (Wildman–Crippen LogP) is 6.06. The number of aryl methyl sites for hydroxylation is 2. The van der Waals surface area contributed by atoms with E-state index in [0.717, 1.165) is 38.6 Å². The standard InChI is InChI=1S/C22H19BrN4/c1-15-4-3-5-20(12-15)27-21(13-16(2)26-27)17-10-11-24-22(14-17)25-19-8-6-18(23)7-9-19/h3-14H,1-2H3,(H,24,25). The average Bonchev–Trinajstić information content (AvgIpc) is 3.06. The highest BCUT2D eigenvalue weighted by atomic mass is 79.9. The van der Waals surface area contributed by atoms with Gasteiger partial charge in [-0.05, 0) is 74.0 Å². The molecule has 0 spiro atoms. The molecule has 0 bridgehead atoms. The van der Waals surface area contributed by atoms with Crippen LogP contribution in [0.1, 0.15) is 11.3 Å². The van der Waals surface area contributed by atoms with Crippen LogP contribution in [-0.2, 0) is 0 Å². The summed E-state index contributed by atoms with van der Waals surface area (Å²) < 4.78 is 3.04. The summed E-state index contributed by atoms with van der Waals surface area (Å²) in [6, 6.07) is 22.5. The van der Waals surface area contributed by atoms with Crippen LogP contribution in [0.25, 0.3) is 16.9 Å². The predicted molar refractivity (Wildman–Crippen MR) is 114 cm³/mol. The topological polar surface area (TPSA) is 42.7 Å². The Morgan fingerprint density at radius 2 is 1.74 bits per heavy atom. The van der Waals surface area contributed by atoms with Crippen molar-refractivity contribution in [3.8, 4) is 16.9 Å². The smallest absolute Gasteiger partial charge is 0.130 e. The number of rotatable bonds is 4. The highest BCUT2D eigenvalue weighted by molar-refractivity contribution is 9.10. The molecule has 0 saturated heterocycles. The zero-order valence-electron chi connectivity index (χ0n) is 15.1. The third-order valence-corrected chi connectivity index (χ3v) is 4.78. The van der Waals surface area contributed by atoms with E-state index in [1.165, 1.54) is 5.56 Å². The monoisotopic (exact) mass is 418 g/mol. The van der Waals surface area contributed by atoms with Gasteiger partial charge in [-0.1, -0.05) is 28.1 Å². The minimum atomic E-state index is 0.796. The zero-order chi connectivity index (χ0) is 18.8. The van der Waals surface area contributed by atoms with Gasteiger partial charge in [-0.15, -0.1) is 0 Å². The Morgan fingerprint density at radius 1 is 0.926 bits per heavy atom. The van der Waals surface area contributed by atoms with Crippen molar-refractivity contribution in [3.05, 3.63) is 88.7 Å². The molecule has 4 nitrogen and oxygen atoms in total. The Kier molecular flexibility index (Phi) is 4.77.